The van der Waals surface area contributed by atoms with Crippen molar-refractivity contribution < 1.29 is 4.79 Å². The van der Waals surface area contributed by atoms with Crippen molar-refractivity contribution >= 4 is 18.2 Å². The summed E-state index contributed by atoms with van der Waals surface area (Å²) in [5, 5.41) is 0. The van der Waals surface area contributed by atoms with Gasteiger partial charge in [-0.2, -0.15) is 0 Å². The van der Waals surface area contributed by atoms with Gasteiger partial charge in [-0.15, -0.1) is 12.4 Å². The van der Waals surface area contributed by atoms with Crippen molar-refractivity contribution in [2.45, 2.75) is 12.3 Å². The summed E-state index contributed by atoms with van der Waals surface area (Å²) in [4.78, 5) is 14.7. The van der Waals surface area contributed by atoms with E-state index in [1.807, 2.05) is 74.8 Å². The van der Waals surface area contributed by atoms with Gasteiger partial charge in [0.1, 0.15) is 5.78 Å². The van der Waals surface area contributed by atoms with Crippen LogP contribution < -0.4 is 0 Å². The van der Waals surface area contributed by atoms with Crippen LogP contribution in [0.25, 0.3) is 0 Å². The molecule has 0 amide bonds. The van der Waals surface area contributed by atoms with E-state index in [4.69, 9.17) is 0 Å². The Bertz CT molecular complexity index is 540. The number of Topliss-reactive ketones (excluding diaryl/α,β-unsaturated/α-hetero) is 1. The number of likely N-dealkylation sites (N-methyl/N-ethyl adjacent to an activating group) is 1. The number of halogens is 1. The average molecular weight is 304 g/mol. The molecule has 0 saturated heterocycles. The van der Waals surface area contributed by atoms with E-state index in [2.05, 4.69) is 4.90 Å². The van der Waals surface area contributed by atoms with Crippen LogP contribution in [0.2, 0.25) is 0 Å². The molecule has 0 fully saturated rings. The van der Waals surface area contributed by atoms with Gasteiger partial charge in [-0.05, 0) is 25.2 Å². The van der Waals surface area contributed by atoms with Crippen LogP contribution in [0.1, 0.15) is 17.0 Å². The molecule has 0 aliphatic carbocycles. The van der Waals surface area contributed by atoms with Crippen LogP contribution in [-0.2, 0) is 11.2 Å². The van der Waals surface area contributed by atoms with Gasteiger partial charge in [0.2, 0.25) is 0 Å². The third-order valence-electron chi connectivity index (χ3n) is 3.36. The Kier molecular flexibility index (Phi) is 7.13. The first kappa shape index (κ1) is 17.4. The number of carbonyl (C=O) groups is 1. The van der Waals surface area contributed by atoms with Gasteiger partial charge in [-0.3, -0.25) is 4.79 Å². The lowest BCUT2D eigenvalue weighted by Crippen LogP contribution is -2.27. The zero-order valence-electron chi connectivity index (χ0n) is 12.5. The summed E-state index contributed by atoms with van der Waals surface area (Å²) in [5.74, 6) is 0.211. The minimum absolute atomic E-state index is 0. The maximum atomic E-state index is 12.6. The molecule has 0 radical (unpaired) electrons. The van der Waals surface area contributed by atoms with E-state index < -0.39 is 0 Å². The fourth-order valence-corrected chi connectivity index (χ4v) is 2.36. The van der Waals surface area contributed by atoms with Crippen LogP contribution in [0.4, 0.5) is 0 Å². The minimum atomic E-state index is -0.0635. The summed E-state index contributed by atoms with van der Waals surface area (Å²) in [7, 11) is 4.01. The van der Waals surface area contributed by atoms with E-state index in [1.54, 1.807) is 0 Å². The monoisotopic (exact) mass is 303 g/mol. The quantitative estimate of drug-likeness (QED) is 0.813. The molecular formula is C18H22ClNO. The Morgan fingerprint density at radius 3 is 2.00 bits per heavy atom. The van der Waals surface area contributed by atoms with Crippen molar-refractivity contribution in [3.05, 3.63) is 71.8 Å². The van der Waals surface area contributed by atoms with Crippen molar-refractivity contribution in [1.29, 1.82) is 0 Å². The Hall–Kier alpha value is -1.64. The standard InChI is InChI=1S/C18H21NO.ClH/c1-19(2)14-17(16-11-7-4-8-12-16)18(20)13-15-9-5-3-6-10-15;/h3-12,17H,13-14H2,1-2H3;1H. The number of hydrogen-bond donors (Lipinski definition) is 0. The van der Waals surface area contributed by atoms with Crippen LogP contribution in [0.5, 0.6) is 0 Å². The number of hydrogen-bond acceptors (Lipinski definition) is 2. The number of nitrogens with zero attached hydrogens (tertiary/aromatic N) is 1. The SMILES string of the molecule is CN(C)CC(C(=O)Cc1ccccc1)c1ccccc1.Cl. The molecule has 1 atom stereocenters. The lowest BCUT2D eigenvalue weighted by molar-refractivity contribution is -0.120. The third-order valence-corrected chi connectivity index (χ3v) is 3.36. The maximum Gasteiger partial charge on any atom is 0.145 e. The molecular weight excluding hydrogens is 282 g/mol. The Morgan fingerprint density at radius 1 is 0.952 bits per heavy atom. The molecule has 0 spiro atoms. The Balaban J connectivity index is 0.00000220. The molecule has 0 aliphatic rings. The zero-order chi connectivity index (χ0) is 14.4. The molecule has 0 N–H and O–H groups in total. The predicted octanol–water partition coefficient (Wildman–Crippen LogP) is 3.57. The summed E-state index contributed by atoms with van der Waals surface area (Å²) in [6.07, 6.45) is 0.494. The molecule has 112 valence electrons. The summed E-state index contributed by atoms with van der Waals surface area (Å²) in [6.45, 7) is 0.746. The highest BCUT2D eigenvalue weighted by atomic mass is 35.5. The highest BCUT2D eigenvalue weighted by Crippen LogP contribution is 2.19. The van der Waals surface area contributed by atoms with Crippen LogP contribution >= 0.6 is 12.4 Å². The highest BCUT2D eigenvalue weighted by molar-refractivity contribution is 5.87. The van der Waals surface area contributed by atoms with E-state index in [1.165, 1.54) is 0 Å². The number of rotatable bonds is 6. The van der Waals surface area contributed by atoms with Gasteiger partial charge in [-0.25, -0.2) is 0 Å². The lowest BCUT2D eigenvalue weighted by Gasteiger charge is -2.20. The van der Waals surface area contributed by atoms with E-state index in [0.717, 1.165) is 17.7 Å². The molecule has 0 aromatic heterocycles. The van der Waals surface area contributed by atoms with E-state index >= 15 is 0 Å². The molecule has 0 heterocycles. The van der Waals surface area contributed by atoms with Gasteiger partial charge in [0.05, 0.1) is 5.92 Å². The molecule has 0 saturated carbocycles. The molecule has 2 aromatic rings. The molecule has 0 bridgehead atoms. The first-order valence-corrected chi connectivity index (χ1v) is 6.93. The second-order valence-electron chi connectivity index (χ2n) is 5.35. The molecule has 2 rings (SSSR count). The second-order valence-corrected chi connectivity index (χ2v) is 5.35. The zero-order valence-corrected chi connectivity index (χ0v) is 13.3. The van der Waals surface area contributed by atoms with Crippen LogP contribution in [-0.4, -0.2) is 31.3 Å². The minimum Gasteiger partial charge on any atom is -0.308 e. The maximum absolute atomic E-state index is 12.6. The van der Waals surface area contributed by atoms with Crippen molar-refractivity contribution in [3.63, 3.8) is 0 Å². The summed E-state index contributed by atoms with van der Waals surface area (Å²) in [5.41, 5.74) is 2.18. The average Bonchev–Trinajstić information content (AvgIpc) is 2.46. The van der Waals surface area contributed by atoms with Gasteiger partial charge >= 0.3 is 0 Å². The molecule has 2 nitrogen and oxygen atoms in total. The summed E-state index contributed by atoms with van der Waals surface area (Å²) < 4.78 is 0. The van der Waals surface area contributed by atoms with Gasteiger partial charge in [0.25, 0.3) is 0 Å². The fraction of sp³-hybridized carbons (Fsp3) is 0.278. The number of benzene rings is 2. The van der Waals surface area contributed by atoms with Crippen LogP contribution in [0, 0.1) is 0 Å². The van der Waals surface area contributed by atoms with Crippen molar-refractivity contribution in [2.24, 2.45) is 0 Å². The van der Waals surface area contributed by atoms with Crippen molar-refractivity contribution in [2.75, 3.05) is 20.6 Å². The van der Waals surface area contributed by atoms with Gasteiger partial charge < -0.3 is 4.90 Å². The van der Waals surface area contributed by atoms with E-state index in [9.17, 15) is 4.79 Å². The normalized spacial score (nSPS) is 11.8. The van der Waals surface area contributed by atoms with Crippen molar-refractivity contribution in [1.82, 2.24) is 4.90 Å². The molecule has 2 aromatic carbocycles. The van der Waals surface area contributed by atoms with Crippen LogP contribution in [0.15, 0.2) is 60.7 Å². The largest absolute Gasteiger partial charge is 0.308 e. The topological polar surface area (TPSA) is 20.3 Å². The second kappa shape index (κ2) is 8.60. The number of carbonyl (C=O) groups excluding carboxylic acids is 1. The summed E-state index contributed by atoms with van der Waals surface area (Å²) >= 11 is 0. The lowest BCUT2D eigenvalue weighted by atomic mass is 9.90. The Labute approximate surface area is 133 Å². The van der Waals surface area contributed by atoms with Gasteiger partial charge in [-0.1, -0.05) is 60.7 Å². The predicted molar refractivity (Wildman–Crippen MR) is 90.1 cm³/mol. The van der Waals surface area contributed by atoms with Gasteiger partial charge in [0.15, 0.2) is 0 Å². The van der Waals surface area contributed by atoms with E-state index in [-0.39, 0.29) is 24.1 Å². The first-order chi connectivity index (χ1) is 9.66. The number of ketones is 1. The Morgan fingerprint density at radius 2 is 1.48 bits per heavy atom. The molecule has 1 unspecified atom stereocenters. The fourth-order valence-electron chi connectivity index (χ4n) is 2.36. The smallest absolute Gasteiger partial charge is 0.145 e. The summed E-state index contributed by atoms with van der Waals surface area (Å²) in [6, 6.07) is 20.0. The van der Waals surface area contributed by atoms with Gasteiger partial charge in [0, 0.05) is 13.0 Å². The molecule has 0 aliphatic heterocycles. The first-order valence-electron chi connectivity index (χ1n) is 6.93. The molecule has 21 heavy (non-hydrogen) atoms. The highest BCUT2D eigenvalue weighted by Gasteiger charge is 2.21. The van der Waals surface area contributed by atoms with Crippen molar-refractivity contribution in [3.8, 4) is 0 Å². The third kappa shape index (κ3) is 5.33. The van der Waals surface area contributed by atoms with E-state index in [0.29, 0.717) is 6.42 Å². The molecule has 3 heteroatoms. The van der Waals surface area contributed by atoms with Crippen LogP contribution in [0.3, 0.4) is 0 Å².